The maximum atomic E-state index is 11.9. The van der Waals surface area contributed by atoms with Crippen LogP contribution in [0, 0.1) is 0 Å². The van der Waals surface area contributed by atoms with E-state index in [1.54, 1.807) is 0 Å². The van der Waals surface area contributed by atoms with Gasteiger partial charge in [-0.2, -0.15) is 5.10 Å². The molecule has 0 saturated heterocycles. The molecule has 0 atom stereocenters. The lowest BCUT2D eigenvalue weighted by Crippen LogP contribution is -2.34. The Morgan fingerprint density at radius 1 is 1.71 bits per heavy atom. The van der Waals surface area contributed by atoms with E-state index in [0.717, 1.165) is 25.8 Å². The molecule has 0 radical (unpaired) electrons. The van der Waals surface area contributed by atoms with E-state index in [9.17, 15) is 4.79 Å². The van der Waals surface area contributed by atoms with E-state index < -0.39 is 0 Å². The molecule has 76 valence electrons. The molecule has 5 nitrogen and oxygen atoms in total. The van der Waals surface area contributed by atoms with Crippen LogP contribution in [0.5, 0.6) is 0 Å². The van der Waals surface area contributed by atoms with Crippen molar-refractivity contribution in [3.05, 3.63) is 12.2 Å². The van der Waals surface area contributed by atoms with Crippen molar-refractivity contribution in [2.24, 2.45) is 0 Å². The van der Waals surface area contributed by atoms with Gasteiger partial charge in [-0.05, 0) is 19.3 Å². The number of carbonyl (C=O) groups excluding carboxylic acids is 1. The SMILES string of the molecule is CCCN(C(=O)c1ncn[nH]1)C1CC1. The quantitative estimate of drug-likeness (QED) is 0.771. The average molecular weight is 194 g/mol. The summed E-state index contributed by atoms with van der Waals surface area (Å²) in [5.74, 6) is 0.331. The van der Waals surface area contributed by atoms with Crippen LogP contribution in [0.2, 0.25) is 0 Å². The molecule has 0 spiro atoms. The molecule has 1 aliphatic carbocycles. The van der Waals surface area contributed by atoms with Crippen LogP contribution in [0.25, 0.3) is 0 Å². The molecule has 1 heterocycles. The van der Waals surface area contributed by atoms with E-state index >= 15 is 0 Å². The topological polar surface area (TPSA) is 61.9 Å². The number of hydrogen-bond acceptors (Lipinski definition) is 3. The Morgan fingerprint density at radius 3 is 3.00 bits per heavy atom. The Labute approximate surface area is 82.5 Å². The summed E-state index contributed by atoms with van der Waals surface area (Å²) in [6.07, 6.45) is 4.60. The fraction of sp³-hybridized carbons (Fsp3) is 0.667. The third-order valence-corrected chi connectivity index (χ3v) is 2.33. The van der Waals surface area contributed by atoms with Gasteiger partial charge in [0.1, 0.15) is 6.33 Å². The van der Waals surface area contributed by atoms with Crippen molar-refractivity contribution >= 4 is 5.91 Å². The first-order chi connectivity index (χ1) is 6.83. The highest BCUT2D eigenvalue weighted by Crippen LogP contribution is 2.27. The number of amides is 1. The van der Waals surface area contributed by atoms with Crippen molar-refractivity contribution in [1.82, 2.24) is 20.1 Å². The number of hydrogen-bond donors (Lipinski definition) is 1. The first kappa shape index (κ1) is 9.18. The van der Waals surface area contributed by atoms with Crippen molar-refractivity contribution in [1.29, 1.82) is 0 Å². The van der Waals surface area contributed by atoms with Crippen molar-refractivity contribution in [2.75, 3.05) is 6.54 Å². The van der Waals surface area contributed by atoms with E-state index in [1.165, 1.54) is 6.33 Å². The summed E-state index contributed by atoms with van der Waals surface area (Å²) in [7, 11) is 0. The zero-order valence-corrected chi connectivity index (χ0v) is 8.23. The molecular formula is C9H14N4O. The van der Waals surface area contributed by atoms with Gasteiger partial charge in [0.2, 0.25) is 5.82 Å². The number of nitrogens with zero attached hydrogens (tertiary/aromatic N) is 3. The van der Waals surface area contributed by atoms with Crippen LogP contribution < -0.4 is 0 Å². The van der Waals surface area contributed by atoms with Crippen molar-refractivity contribution in [2.45, 2.75) is 32.2 Å². The van der Waals surface area contributed by atoms with Gasteiger partial charge in [-0.3, -0.25) is 9.89 Å². The minimum Gasteiger partial charge on any atom is -0.333 e. The van der Waals surface area contributed by atoms with Gasteiger partial charge in [-0.1, -0.05) is 6.92 Å². The molecule has 1 fully saturated rings. The maximum Gasteiger partial charge on any atom is 0.291 e. The normalized spacial score (nSPS) is 15.5. The monoisotopic (exact) mass is 194 g/mol. The smallest absolute Gasteiger partial charge is 0.291 e. The Bertz CT molecular complexity index is 305. The molecule has 0 aromatic carbocycles. The molecule has 0 bridgehead atoms. The second kappa shape index (κ2) is 3.77. The molecule has 1 aromatic heterocycles. The predicted molar refractivity (Wildman–Crippen MR) is 50.7 cm³/mol. The Balaban J connectivity index is 2.07. The third-order valence-electron chi connectivity index (χ3n) is 2.33. The highest BCUT2D eigenvalue weighted by molar-refractivity contribution is 5.90. The molecule has 2 rings (SSSR count). The summed E-state index contributed by atoms with van der Waals surface area (Å²) in [5, 5.41) is 6.29. The molecule has 14 heavy (non-hydrogen) atoms. The lowest BCUT2D eigenvalue weighted by atomic mass is 10.3. The number of H-pyrrole nitrogens is 1. The molecule has 0 unspecified atom stereocenters. The second-order valence-corrected chi connectivity index (χ2v) is 3.56. The van der Waals surface area contributed by atoms with Gasteiger partial charge in [0, 0.05) is 12.6 Å². The summed E-state index contributed by atoms with van der Waals surface area (Å²) < 4.78 is 0. The zero-order valence-electron chi connectivity index (χ0n) is 8.23. The zero-order chi connectivity index (χ0) is 9.97. The molecule has 1 N–H and O–H groups in total. The molecule has 1 aromatic rings. The van der Waals surface area contributed by atoms with Crippen LogP contribution in [0.1, 0.15) is 36.8 Å². The summed E-state index contributed by atoms with van der Waals surface area (Å²) in [5.41, 5.74) is 0. The van der Waals surface area contributed by atoms with Crippen LogP contribution in [-0.2, 0) is 0 Å². The van der Waals surface area contributed by atoms with E-state index in [1.807, 2.05) is 4.90 Å². The average Bonchev–Trinajstić information content (AvgIpc) is 2.88. The van der Waals surface area contributed by atoms with Crippen LogP contribution in [0.4, 0.5) is 0 Å². The fourth-order valence-electron chi connectivity index (χ4n) is 1.52. The van der Waals surface area contributed by atoms with Gasteiger partial charge in [0.05, 0.1) is 0 Å². The largest absolute Gasteiger partial charge is 0.333 e. The number of rotatable bonds is 4. The summed E-state index contributed by atoms with van der Waals surface area (Å²) in [6, 6.07) is 0.438. The van der Waals surface area contributed by atoms with Gasteiger partial charge in [0.15, 0.2) is 0 Å². The highest BCUT2D eigenvalue weighted by Gasteiger charge is 2.33. The van der Waals surface area contributed by atoms with E-state index in [2.05, 4.69) is 22.1 Å². The number of aromatic nitrogens is 3. The fourth-order valence-corrected chi connectivity index (χ4v) is 1.52. The lowest BCUT2D eigenvalue weighted by Gasteiger charge is -2.19. The molecular weight excluding hydrogens is 180 g/mol. The first-order valence-corrected chi connectivity index (χ1v) is 4.99. The van der Waals surface area contributed by atoms with Gasteiger partial charge < -0.3 is 4.90 Å². The van der Waals surface area contributed by atoms with Crippen LogP contribution in [-0.4, -0.2) is 38.6 Å². The van der Waals surface area contributed by atoms with E-state index in [0.29, 0.717) is 11.9 Å². The minimum atomic E-state index is -0.0214. The van der Waals surface area contributed by atoms with Crippen LogP contribution in [0.3, 0.4) is 0 Å². The predicted octanol–water partition coefficient (Wildman–Crippen LogP) is 0.819. The van der Waals surface area contributed by atoms with Gasteiger partial charge in [-0.25, -0.2) is 4.98 Å². The lowest BCUT2D eigenvalue weighted by molar-refractivity contribution is 0.0731. The van der Waals surface area contributed by atoms with Gasteiger partial charge in [0.25, 0.3) is 5.91 Å². The molecule has 1 aliphatic rings. The number of nitrogens with one attached hydrogen (secondary N) is 1. The Morgan fingerprint density at radius 2 is 2.50 bits per heavy atom. The number of carbonyl (C=O) groups is 1. The molecule has 0 aliphatic heterocycles. The van der Waals surface area contributed by atoms with Crippen LogP contribution >= 0.6 is 0 Å². The first-order valence-electron chi connectivity index (χ1n) is 4.99. The van der Waals surface area contributed by atoms with Crippen LogP contribution in [0.15, 0.2) is 6.33 Å². The molecule has 1 saturated carbocycles. The third kappa shape index (κ3) is 1.76. The van der Waals surface area contributed by atoms with Crippen molar-refractivity contribution in [3.8, 4) is 0 Å². The van der Waals surface area contributed by atoms with Gasteiger partial charge >= 0.3 is 0 Å². The summed E-state index contributed by atoms with van der Waals surface area (Å²) >= 11 is 0. The van der Waals surface area contributed by atoms with Gasteiger partial charge in [-0.15, -0.1) is 0 Å². The standard InChI is InChI=1S/C9H14N4O/c1-2-5-13(7-3-4-7)9(14)8-10-6-11-12-8/h6-7H,2-5H2,1H3,(H,10,11,12). The molecule has 5 heteroatoms. The highest BCUT2D eigenvalue weighted by atomic mass is 16.2. The minimum absolute atomic E-state index is 0.0214. The molecule has 1 amide bonds. The van der Waals surface area contributed by atoms with Crippen molar-refractivity contribution < 1.29 is 4.79 Å². The van der Waals surface area contributed by atoms with E-state index in [-0.39, 0.29) is 5.91 Å². The Hall–Kier alpha value is -1.39. The Kier molecular flexibility index (Phi) is 2.47. The number of aromatic amines is 1. The van der Waals surface area contributed by atoms with Crippen molar-refractivity contribution in [3.63, 3.8) is 0 Å². The summed E-state index contributed by atoms with van der Waals surface area (Å²) in [4.78, 5) is 17.6. The maximum absolute atomic E-state index is 11.9. The second-order valence-electron chi connectivity index (χ2n) is 3.56. The summed E-state index contributed by atoms with van der Waals surface area (Å²) in [6.45, 7) is 2.88. The van der Waals surface area contributed by atoms with E-state index in [4.69, 9.17) is 0 Å².